The molecule has 8 heteroatoms. The fourth-order valence-electron chi connectivity index (χ4n) is 2.87. The predicted octanol–water partition coefficient (Wildman–Crippen LogP) is 4.08. The van der Waals surface area contributed by atoms with Gasteiger partial charge >= 0.3 is 0 Å². The van der Waals surface area contributed by atoms with E-state index in [1.54, 1.807) is 36.4 Å². The molecule has 0 spiro atoms. The van der Waals surface area contributed by atoms with Gasteiger partial charge in [-0.2, -0.15) is 0 Å². The lowest BCUT2D eigenvalue weighted by Gasteiger charge is -2.16. The fourth-order valence-corrected chi connectivity index (χ4v) is 3.95. The molecule has 29 heavy (non-hydrogen) atoms. The summed E-state index contributed by atoms with van der Waals surface area (Å²) in [5, 5.41) is 3.03. The molecule has 0 bridgehead atoms. The number of benzene rings is 2. The van der Waals surface area contributed by atoms with Crippen LogP contribution in [0.2, 0.25) is 0 Å². The van der Waals surface area contributed by atoms with Crippen LogP contribution in [-0.4, -0.2) is 35.4 Å². The van der Waals surface area contributed by atoms with Gasteiger partial charge < -0.3 is 10.1 Å². The molecule has 3 rings (SSSR count). The monoisotopic (exact) mass is 415 g/mol. The number of carbonyl (C=O) groups is 2. The van der Waals surface area contributed by atoms with Gasteiger partial charge in [-0.1, -0.05) is 11.8 Å². The molecule has 1 aliphatic heterocycles. The zero-order chi connectivity index (χ0) is 20.8. The van der Waals surface area contributed by atoms with Crippen LogP contribution >= 0.6 is 11.8 Å². The third-order valence-electron chi connectivity index (χ3n) is 4.16. The number of rotatable bonds is 6. The zero-order valence-electron chi connectivity index (χ0n) is 16.2. The first kappa shape index (κ1) is 20.9. The van der Waals surface area contributed by atoms with E-state index in [0.29, 0.717) is 35.4 Å². The number of ether oxygens (including phenoxy) is 1. The molecule has 2 aromatic rings. The number of amidine groups is 1. The van der Waals surface area contributed by atoms with Crippen LogP contribution in [0.4, 0.5) is 15.8 Å². The first-order valence-electron chi connectivity index (χ1n) is 9.35. The Morgan fingerprint density at radius 2 is 1.86 bits per heavy atom. The molecule has 1 heterocycles. The van der Waals surface area contributed by atoms with Gasteiger partial charge in [-0.25, -0.2) is 9.29 Å². The largest absolute Gasteiger partial charge is 0.494 e. The van der Waals surface area contributed by atoms with Gasteiger partial charge in [0.25, 0.3) is 0 Å². The molecule has 0 aliphatic carbocycles. The Labute approximate surface area is 173 Å². The van der Waals surface area contributed by atoms with Crippen molar-refractivity contribution in [1.29, 1.82) is 0 Å². The molecule has 6 nitrogen and oxygen atoms in total. The number of aliphatic imine (C=N–C) groups is 1. The van der Waals surface area contributed by atoms with E-state index in [0.717, 1.165) is 0 Å². The average molecular weight is 415 g/mol. The van der Waals surface area contributed by atoms with Gasteiger partial charge in [-0.15, -0.1) is 0 Å². The number of anilines is 2. The van der Waals surface area contributed by atoms with Crippen molar-refractivity contribution < 1.29 is 18.7 Å². The molecule has 1 N–H and O–H groups in total. The Hall–Kier alpha value is -2.87. The van der Waals surface area contributed by atoms with Gasteiger partial charge in [0.1, 0.15) is 16.8 Å². The molecule has 0 unspecified atom stereocenters. The summed E-state index contributed by atoms with van der Waals surface area (Å²) in [5.74, 6) is -0.190. The number of thioether (sulfide) groups is 1. The van der Waals surface area contributed by atoms with Crippen LogP contribution in [0.1, 0.15) is 20.3 Å². The van der Waals surface area contributed by atoms with E-state index in [1.165, 1.54) is 28.8 Å². The molecule has 0 aromatic heterocycles. The maximum Gasteiger partial charge on any atom is 0.247 e. The molecule has 0 radical (unpaired) electrons. The van der Waals surface area contributed by atoms with Gasteiger partial charge in [0.15, 0.2) is 5.17 Å². The van der Waals surface area contributed by atoms with Crippen molar-refractivity contribution in [3.05, 3.63) is 54.3 Å². The first-order chi connectivity index (χ1) is 14.0. The Morgan fingerprint density at radius 1 is 1.17 bits per heavy atom. The number of hydrogen-bond acceptors (Lipinski definition) is 5. The minimum Gasteiger partial charge on any atom is -0.494 e. The highest BCUT2D eigenvalue weighted by Gasteiger charge is 2.40. The fraction of sp³-hybridized carbons (Fsp3) is 0.286. The van der Waals surface area contributed by atoms with Crippen molar-refractivity contribution in [2.24, 2.45) is 4.99 Å². The molecule has 0 saturated carbocycles. The lowest BCUT2D eigenvalue weighted by Crippen LogP contribution is -2.31. The number of nitrogens with zero attached hydrogens (tertiary/aromatic N) is 2. The number of hydrogen-bond donors (Lipinski definition) is 1. The zero-order valence-corrected chi connectivity index (χ0v) is 17.0. The van der Waals surface area contributed by atoms with Crippen molar-refractivity contribution in [3.8, 4) is 5.75 Å². The predicted molar refractivity (Wildman–Crippen MR) is 114 cm³/mol. The van der Waals surface area contributed by atoms with Gasteiger partial charge in [0.05, 0.1) is 12.3 Å². The summed E-state index contributed by atoms with van der Waals surface area (Å²) in [6.45, 7) is 4.81. The third-order valence-corrected chi connectivity index (χ3v) is 5.27. The van der Waals surface area contributed by atoms with Crippen LogP contribution in [0, 0.1) is 5.82 Å². The van der Waals surface area contributed by atoms with Crippen LogP contribution in [0.25, 0.3) is 0 Å². The molecule has 152 valence electrons. The second-order valence-electron chi connectivity index (χ2n) is 6.22. The Morgan fingerprint density at radius 3 is 2.48 bits per heavy atom. The van der Waals surface area contributed by atoms with Crippen LogP contribution in [0.5, 0.6) is 5.75 Å². The van der Waals surface area contributed by atoms with E-state index in [1.807, 2.05) is 13.8 Å². The lowest BCUT2D eigenvalue weighted by molar-refractivity contribution is -0.121. The minimum absolute atomic E-state index is 0.0878. The van der Waals surface area contributed by atoms with E-state index in [-0.39, 0.29) is 24.1 Å². The quantitative estimate of drug-likeness (QED) is 0.437. The molecule has 1 aliphatic rings. The van der Waals surface area contributed by atoms with Crippen molar-refractivity contribution in [3.63, 3.8) is 0 Å². The Balaban J connectivity index is 1.71. The SMILES string of the molecule is CCN=C(Nc1ccc(F)cc1)S[C@@H]1CC(=O)N(c2ccc(OCC)cc2)C1=O. The van der Waals surface area contributed by atoms with E-state index < -0.39 is 5.25 Å². The number of carbonyl (C=O) groups excluding carboxylic acids is 2. The van der Waals surface area contributed by atoms with Crippen LogP contribution < -0.4 is 15.0 Å². The number of halogens is 1. The second-order valence-corrected chi connectivity index (χ2v) is 7.41. The summed E-state index contributed by atoms with van der Waals surface area (Å²) in [6.07, 6.45) is 0.0878. The van der Waals surface area contributed by atoms with Crippen LogP contribution in [-0.2, 0) is 9.59 Å². The lowest BCUT2D eigenvalue weighted by atomic mass is 10.3. The molecule has 1 saturated heterocycles. The van der Waals surface area contributed by atoms with Crippen molar-refractivity contribution >= 4 is 40.1 Å². The topological polar surface area (TPSA) is 71.0 Å². The normalized spacial score (nSPS) is 17.0. The summed E-state index contributed by atoms with van der Waals surface area (Å²) in [7, 11) is 0. The number of amides is 2. The second kappa shape index (κ2) is 9.56. The third kappa shape index (κ3) is 5.14. The highest BCUT2D eigenvalue weighted by atomic mass is 32.2. The summed E-state index contributed by atoms with van der Waals surface area (Å²) >= 11 is 1.21. The molecular formula is C21H22FN3O3S. The average Bonchev–Trinajstić information content (AvgIpc) is 2.98. The summed E-state index contributed by atoms with van der Waals surface area (Å²) < 4.78 is 18.5. The minimum atomic E-state index is -0.577. The highest BCUT2D eigenvalue weighted by molar-refractivity contribution is 8.15. The summed E-state index contributed by atoms with van der Waals surface area (Å²) in [4.78, 5) is 31.0. The first-order valence-corrected chi connectivity index (χ1v) is 10.2. The van der Waals surface area contributed by atoms with E-state index in [4.69, 9.17) is 4.74 Å². The maximum atomic E-state index is 13.1. The molecule has 1 fully saturated rings. The van der Waals surface area contributed by atoms with Gasteiger partial charge in [0, 0.05) is 18.7 Å². The Kier molecular flexibility index (Phi) is 6.87. The number of imide groups is 1. The summed E-state index contributed by atoms with van der Waals surface area (Å²) in [5.41, 5.74) is 1.18. The van der Waals surface area contributed by atoms with Crippen LogP contribution in [0.15, 0.2) is 53.5 Å². The number of nitrogens with one attached hydrogen (secondary N) is 1. The van der Waals surface area contributed by atoms with Gasteiger partial charge in [0.2, 0.25) is 11.8 Å². The van der Waals surface area contributed by atoms with E-state index >= 15 is 0 Å². The molecule has 2 aromatic carbocycles. The molecular weight excluding hydrogens is 393 g/mol. The maximum absolute atomic E-state index is 13.1. The van der Waals surface area contributed by atoms with E-state index in [2.05, 4.69) is 10.3 Å². The molecule has 2 amide bonds. The Bertz CT molecular complexity index is 900. The standard InChI is InChI=1S/C21H22FN3O3S/c1-3-23-21(24-15-7-5-14(22)6-8-15)29-18-13-19(26)25(20(18)27)16-9-11-17(12-10-16)28-4-2/h5-12,18H,3-4,13H2,1-2H3,(H,23,24)/t18-/m1/s1. The van der Waals surface area contributed by atoms with Crippen molar-refractivity contribution in [2.75, 3.05) is 23.4 Å². The van der Waals surface area contributed by atoms with Crippen molar-refractivity contribution in [1.82, 2.24) is 0 Å². The van der Waals surface area contributed by atoms with Crippen molar-refractivity contribution in [2.45, 2.75) is 25.5 Å². The molecule has 1 atom stereocenters. The summed E-state index contributed by atoms with van der Waals surface area (Å²) in [6, 6.07) is 12.7. The smallest absolute Gasteiger partial charge is 0.247 e. The highest BCUT2D eigenvalue weighted by Crippen LogP contribution is 2.31. The van der Waals surface area contributed by atoms with Crippen LogP contribution in [0.3, 0.4) is 0 Å². The van der Waals surface area contributed by atoms with Gasteiger partial charge in [-0.3, -0.25) is 14.6 Å². The van der Waals surface area contributed by atoms with E-state index in [9.17, 15) is 14.0 Å². The van der Waals surface area contributed by atoms with Gasteiger partial charge in [-0.05, 0) is 62.4 Å².